The van der Waals surface area contributed by atoms with E-state index in [0.717, 1.165) is 42.1 Å². The average molecular weight is 338 g/mol. The third kappa shape index (κ3) is 2.41. The Hall–Kier alpha value is -2.14. The predicted octanol–water partition coefficient (Wildman–Crippen LogP) is 2.83. The number of aromatic amines is 1. The summed E-state index contributed by atoms with van der Waals surface area (Å²) in [5.41, 5.74) is 2.74. The Morgan fingerprint density at radius 2 is 1.96 bits per heavy atom. The summed E-state index contributed by atoms with van der Waals surface area (Å²) in [4.78, 5) is 30.1. The number of piperidine rings is 4. The Morgan fingerprint density at radius 3 is 2.68 bits per heavy atom. The summed E-state index contributed by atoms with van der Waals surface area (Å²) in [7, 11) is 0. The van der Waals surface area contributed by atoms with E-state index >= 15 is 0 Å². The number of H-pyrrole nitrogens is 1. The first-order valence-corrected chi connectivity index (χ1v) is 9.15. The van der Waals surface area contributed by atoms with E-state index in [-0.39, 0.29) is 18.0 Å². The van der Waals surface area contributed by atoms with Crippen molar-refractivity contribution in [1.29, 1.82) is 0 Å². The molecule has 130 valence electrons. The number of ketones is 1. The summed E-state index contributed by atoms with van der Waals surface area (Å²) < 4.78 is 5.87. The summed E-state index contributed by atoms with van der Waals surface area (Å²) in [6.07, 6.45) is 5.30. The van der Waals surface area contributed by atoms with Gasteiger partial charge in [0.25, 0.3) is 0 Å². The van der Waals surface area contributed by atoms with Crippen LogP contribution in [0.4, 0.5) is 0 Å². The zero-order valence-corrected chi connectivity index (χ0v) is 14.3. The first kappa shape index (κ1) is 15.1. The largest absolute Gasteiger partial charge is 0.459 e. The van der Waals surface area contributed by atoms with Crippen molar-refractivity contribution in [3.8, 4) is 0 Å². The third-order valence-electron chi connectivity index (χ3n) is 6.25. The van der Waals surface area contributed by atoms with Crippen LogP contribution >= 0.6 is 0 Å². The molecular weight excluding hydrogens is 316 g/mol. The van der Waals surface area contributed by atoms with E-state index in [1.165, 1.54) is 0 Å². The second-order valence-corrected chi connectivity index (χ2v) is 7.86. The fourth-order valence-electron chi connectivity index (χ4n) is 5.04. The van der Waals surface area contributed by atoms with Gasteiger partial charge in [-0.1, -0.05) is 12.1 Å². The van der Waals surface area contributed by atoms with Crippen molar-refractivity contribution in [3.63, 3.8) is 0 Å². The summed E-state index contributed by atoms with van der Waals surface area (Å²) in [6, 6.07) is 6.83. The van der Waals surface area contributed by atoms with Gasteiger partial charge in [0, 0.05) is 47.9 Å². The molecule has 4 fully saturated rings. The van der Waals surface area contributed by atoms with Gasteiger partial charge in [0.05, 0.1) is 12.1 Å². The molecule has 5 heterocycles. The van der Waals surface area contributed by atoms with Crippen LogP contribution in [0.2, 0.25) is 0 Å². The van der Waals surface area contributed by atoms with Gasteiger partial charge in [0.15, 0.2) is 0 Å². The van der Waals surface area contributed by atoms with Crippen LogP contribution in [-0.4, -0.2) is 46.4 Å². The summed E-state index contributed by atoms with van der Waals surface area (Å²) in [5.74, 6) is 0.404. The highest BCUT2D eigenvalue weighted by molar-refractivity contribution is 6.04. The van der Waals surface area contributed by atoms with Crippen molar-refractivity contribution >= 4 is 22.7 Å². The number of Topliss-reactive ketones (excluding diaryl/α,β-unsaturated/α-hetero) is 1. The van der Waals surface area contributed by atoms with Crippen LogP contribution in [0.25, 0.3) is 10.9 Å². The molecule has 2 atom stereocenters. The zero-order valence-electron chi connectivity index (χ0n) is 14.3. The molecule has 25 heavy (non-hydrogen) atoms. The van der Waals surface area contributed by atoms with E-state index in [0.29, 0.717) is 30.0 Å². The second kappa shape index (κ2) is 5.43. The van der Waals surface area contributed by atoms with Crippen LogP contribution in [0, 0.1) is 12.8 Å². The van der Waals surface area contributed by atoms with Crippen LogP contribution < -0.4 is 0 Å². The Labute approximate surface area is 146 Å². The number of esters is 1. The molecule has 4 aliphatic heterocycles. The number of hydrogen-bond acceptors (Lipinski definition) is 4. The smallest absolute Gasteiger partial charge is 0.340 e. The molecule has 4 aliphatic rings. The van der Waals surface area contributed by atoms with Crippen molar-refractivity contribution < 1.29 is 14.3 Å². The summed E-state index contributed by atoms with van der Waals surface area (Å²) in [6.45, 7) is 2.63. The molecule has 1 aromatic carbocycles. The highest BCUT2D eigenvalue weighted by atomic mass is 16.5. The molecule has 6 rings (SSSR count). The van der Waals surface area contributed by atoms with Gasteiger partial charge < -0.3 is 9.72 Å². The number of nitrogens with one attached hydrogen (secondary N) is 1. The Balaban J connectivity index is 1.33. The van der Waals surface area contributed by atoms with Crippen LogP contribution in [0.5, 0.6) is 0 Å². The number of hydrogen-bond donors (Lipinski definition) is 1. The highest BCUT2D eigenvalue weighted by Crippen LogP contribution is 2.42. The van der Waals surface area contributed by atoms with E-state index in [1.807, 2.05) is 25.1 Å². The average Bonchev–Trinajstić information content (AvgIpc) is 2.98. The SMILES string of the molecule is Cc1ccc2c(C(=O)OC3CC4CC5CC(C3)N4CC5=O)c[nH]c2c1. The first-order valence-electron chi connectivity index (χ1n) is 9.15. The molecule has 1 N–H and O–H groups in total. The second-order valence-electron chi connectivity index (χ2n) is 7.86. The van der Waals surface area contributed by atoms with E-state index < -0.39 is 0 Å². The number of aryl methyl sites for hydroxylation is 1. The minimum absolute atomic E-state index is 0.0386. The lowest BCUT2D eigenvalue weighted by Gasteiger charge is -2.54. The van der Waals surface area contributed by atoms with Crippen LogP contribution in [-0.2, 0) is 9.53 Å². The molecule has 4 saturated heterocycles. The maximum absolute atomic E-state index is 12.7. The van der Waals surface area contributed by atoms with E-state index in [9.17, 15) is 9.59 Å². The van der Waals surface area contributed by atoms with Crippen molar-refractivity contribution in [2.75, 3.05) is 6.54 Å². The van der Waals surface area contributed by atoms with Gasteiger partial charge in [-0.2, -0.15) is 0 Å². The number of nitrogens with zero attached hydrogens (tertiary/aromatic N) is 1. The molecule has 2 unspecified atom stereocenters. The van der Waals surface area contributed by atoms with Gasteiger partial charge in [0.1, 0.15) is 11.9 Å². The summed E-state index contributed by atoms with van der Waals surface area (Å²) >= 11 is 0. The molecule has 5 heteroatoms. The molecule has 0 radical (unpaired) electrons. The van der Waals surface area contributed by atoms with E-state index in [4.69, 9.17) is 4.74 Å². The van der Waals surface area contributed by atoms with Gasteiger partial charge >= 0.3 is 5.97 Å². The monoisotopic (exact) mass is 338 g/mol. The lowest BCUT2D eigenvalue weighted by Crippen LogP contribution is -2.63. The quantitative estimate of drug-likeness (QED) is 0.856. The Morgan fingerprint density at radius 1 is 1.20 bits per heavy atom. The van der Waals surface area contributed by atoms with Gasteiger partial charge in [-0.15, -0.1) is 0 Å². The third-order valence-corrected chi connectivity index (χ3v) is 6.25. The minimum atomic E-state index is -0.240. The molecule has 0 spiro atoms. The maximum atomic E-state index is 12.7. The fraction of sp³-hybridized carbons (Fsp3) is 0.500. The number of aromatic nitrogens is 1. The van der Waals surface area contributed by atoms with Crippen molar-refractivity contribution in [2.24, 2.45) is 5.92 Å². The van der Waals surface area contributed by atoms with Gasteiger partial charge in [-0.25, -0.2) is 4.79 Å². The Kier molecular flexibility index (Phi) is 3.29. The predicted molar refractivity (Wildman–Crippen MR) is 93.5 cm³/mol. The van der Waals surface area contributed by atoms with Gasteiger partial charge in [-0.3, -0.25) is 9.69 Å². The maximum Gasteiger partial charge on any atom is 0.340 e. The number of rotatable bonds is 2. The first-order chi connectivity index (χ1) is 12.1. The minimum Gasteiger partial charge on any atom is -0.459 e. The van der Waals surface area contributed by atoms with Crippen LogP contribution in [0.1, 0.15) is 41.6 Å². The van der Waals surface area contributed by atoms with Crippen molar-refractivity contribution in [1.82, 2.24) is 9.88 Å². The summed E-state index contributed by atoms with van der Waals surface area (Å²) in [5, 5.41) is 0.917. The van der Waals surface area contributed by atoms with E-state index in [2.05, 4.69) is 9.88 Å². The molecule has 5 nitrogen and oxygen atoms in total. The van der Waals surface area contributed by atoms with Crippen LogP contribution in [0.15, 0.2) is 24.4 Å². The number of carbonyl (C=O) groups excluding carboxylic acids is 2. The number of benzene rings is 1. The molecule has 2 aromatic rings. The van der Waals surface area contributed by atoms with Crippen molar-refractivity contribution in [2.45, 2.75) is 50.8 Å². The zero-order chi connectivity index (χ0) is 17.1. The van der Waals surface area contributed by atoms with Gasteiger partial charge in [-0.05, 0) is 31.4 Å². The standard InChI is InChI=1S/C20H22N2O3/c1-11-2-3-16-17(9-21-18(16)4-11)20(24)25-15-7-13-5-12-6-14(8-15)22(13)10-19(12)23/h2-4,9,12-15,21H,5-8,10H2,1H3. The molecule has 0 amide bonds. The number of carbonyl (C=O) groups is 2. The Bertz CT molecular complexity index is 855. The topological polar surface area (TPSA) is 62.4 Å². The molecular formula is C20H22N2O3. The molecule has 4 bridgehead atoms. The van der Waals surface area contributed by atoms with E-state index in [1.54, 1.807) is 6.20 Å². The molecule has 1 aromatic heterocycles. The normalized spacial score (nSPS) is 33.6. The number of fused-ring (bicyclic) bond motifs is 2. The van der Waals surface area contributed by atoms with Crippen molar-refractivity contribution in [3.05, 3.63) is 35.5 Å². The highest BCUT2D eigenvalue weighted by Gasteiger charge is 2.49. The lowest BCUT2D eigenvalue weighted by atomic mass is 9.72. The molecule has 0 saturated carbocycles. The number of ether oxygens (including phenoxy) is 1. The van der Waals surface area contributed by atoms with Crippen LogP contribution in [0.3, 0.4) is 0 Å². The lowest BCUT2D eigenvalue weighted by molar-refractivity contribution is -0.145. The van der Waals surface area contributed by atoms with Gasteiger partial charge in [0.2, 0.25) is 0 Å². The molecule has 0 aliphatic carbocycles. The fourth-order valence-corrected chi connectivity index (χ4v) is 5.04.